The highest BCUT2D eigenvalue weighted by molar-refractivity contribution is 6.34. The average molecular weight is 305 g/mol. The van der Waals surface area contributed by atoms with Crippen molar-refractivity contribution in [3.63, 3.8) is 0 Å². The Morgan fingerprint density at radius 1 is 1.24 bits per heavy atom. The van der Waals surface area contributed by atoms with Crippen molar-refractivity contribution in [2.45, 2.75) is 19.3 Å². The zero-order valence-corrected chi connectivity index (χ0v) is 12.4. The fraction of sp³-hybridized carbons (Fsp3) is 0.400. The number of halogens is 1. The van der Waals surface area contributed by atoms with E-state index in [1.165, 1.54) is 0 Å². The van der Waals surface area contributed by atoms with E-state index in [-0.39, 0.29) is 5.91 Å². The smallest absolute Gasteiger partial charge is 0.217 e. The van der Waals surface area contributed by atoms with Crippen LogP contribution in [0.25, 0.3) is 10.8 Å². The molecule has 0 aliphatic carbocycles. The van der Waals surface area contributed by atoms with Crippen LogP contribution in [0, 0.1) is 5.92 Å². The normalized spacial score (nSPS) is 16.3. The molecule has 1 aliphatic heterocycles. The number of rotatable bonds is 3. The number of fused-ring (bicyclic) bond motifs is 1. The molecule has 6 heteroatoms. The maximum Gasteiger partial charge on any atom is 0.217 e. The molecule has 2 heterocycles. The lowest BCUT2D eigenvalue weighted by Gasteiger charge is -2.32. The molecule has 110 valence electrons. The molecular weight excluding hydrogens is 288 g/mol. The Hall–Kier alpha value is -1.88. The summed E-state index contributed by atoms with van der Waals surface area (Å²) in [6.07, 6.45) is 2.37. The van der Waals surface area contributed by atoms with Gasteiger partial charge in [0.25, 0.3) is 0 Å². The molecule has 0 radical (unpaired) electrons. The zero-order valence-electron chi connectivity index (χ0n) is 11.6. The lowest BCUT2D eigenvalue weighted by molar-refractivity contribution is -0.119. The van der Waals surface area contributed by atoms with Gasteiger partial charge in [-0.05, 0) is 18.8 Å². The molecule has 21 heavy (non-hydrogen) atoms. The van der Waals surface area contributed by atoms with E-state index >= 15 is 0 Å². The van der Waals surface area contributed by atoms with E-state index in [0.29, 0.717) is 17.5 Å². The molecule has 2 aromatic rings. The van der Waals surface area contributed by atoms with Crippen LogP contribution in [0.3, 0.4) is 0 Å². The predicted molar refractivity (Wildman–Crippen MR) is 83.3 cm³/mol. The average Bonchev–Trinajstić information content (AvgIpc) is 2.48. The lowest BCUT2D eigenvalue weighted by atomic mass is 9.93. The summed E-state index contributed by atoms with van der Waals surface area (Å²) in [5, 5.41) is 10.7. The number of nitrogens with zero attached hydrogens (tertiary/aromatic N) is 3. The SMILES string of the molecule is NC(=O)CC1CCN(c2nnc(Cl)c3ccccc23)CC1. The van der Waals surface area contributed by atoms with Crippen LogP contribution in [0.5, 0.6) is 0 Å². The van der Waals surface area contributed by atoms with Crippen molar-refractivity contribution in [1.82, 2.24) is 10.2 Å². The first-order chi connectivity index (χ1) is 10.1. The van der Waals surface area contributed by atoms with E-state index < -0.39 is 0 Å². The van der Waals surface area contributed by atoms with Crippen molar-refractivity contribution in [2.24, 2.45) is 11.7 Å². The summed E-state index contributed by atoms with van der Waals surface area (Å²) in [4.78, 5) is 13.2. The number of carbonyl (C=O) groups is 1. The minimum absolute atomic E-state index is 0.217. The molecule has 0 unspecified atom stereocenters. The number of hydrogen-bond acceptors (Lipinski definition) is 4. The molecule has 1 saturated heterocycles. The number of aromatic nitrogens is 2. The van der Waals surface area contributed by atoms with Gasteiger partial charge >= 0.3 is 0 Å². The van der Waals surface area contributed by atoms with Crippen molar-refractivity contribution < 1.29 is 4.79 Å². The summed E-state index contributed by atoms with van der Waals surface area (Å²) >= 11 is 6.10. The standard InChI is InChI=1S/C15H17ClN4O/c16-14-11-3-1-2-4-12(11)15(19-18-14)20-7-5-10(6-8-20)9-13(17)21/h1-4,10H,5-9H2,(H2,17,21). The fourth-order valence-corrected chi connectivity index (χ4v) is 3.13. The van der Waals surface area contributed by atoms with E-state index in [0.717, 1.165) is 42.5 Å². The van der Waals surface area contributed by atoms with Gasteiger partial charge in [0.1, 0.15) is 0 Å². The van der Waals surface area contributed by atoms with Gasteiger partial charge < -0.3 is 10.6 Å². The molecule has 2 N–H and O–H groups in total. The van der Waals surface area contributed by atoms with Gasteiger partial charge in [0.2, 0.25) is 5.91 Å². The molecule has 3 rings (SSSR count). The van der Waals surface area contributed by atoms with Gasteiger partial charge in [-0.3, -0.25) is 4.79 Å². The Balaban J connectivity index is 1.83. The number of amides is 1. The number of benzene rings is 1. The van der Waals surface area contributed by atoms with E-state index in [2.05, 4.69) is 15.1 Å². The monoisotopic (exact) mass is 304 g/mol. The third kappa shape index (κ3) is 2.93. The molecule has 0 saturated carbocycles. The highest BCUT2D eigenvalue weighted by atomic mass is 35.5. The lowest BCUT2D eigenvalue weighted by Crippen LogP contribution is -2.35. The number of piperidine rings is 1. The first kappa shape index (κ1) is 14.1. The fourth-order valence-electron chi connectivity index (χ4n) is 2.92. The largest absolute Gasteiger partial charge is 0.370 e. The van der Waals surface area contributed by atoms with Crippen LogP contribution in [-0.4, -0.2) is 29.2 Å². The van der Waals surface area contributed by atoms with Crippen molar-refractivity contribution in [3.05, 3.63) is 29.4 Å². The maximum absolute atomic E-state index is 11.0. The molecule has 1 aliphatic rings. The summed E-state index contributed by atoms with van der Waals surface area (Å²) in [5.74, 6) is 1.03. The Kier molecular flexibility index (Phi) is 3.92. The third-order valence-corrected chi connectivity index (χ3v) is 4.31. The Bertz CT molecular complexity index is 668. The molecule has 1 aromatic carbocycles. The van der Waals surface area contributed by atoms with Gasteiger partial charge in [0.05, 0.1) is 0 Å². The first-order valence-electron chi connectivity index (χ1n) is 7.09. The molecule has 1 fully saturated rings. The summed E-state index contributed by atoms with van der Waals surface area (Å²) in [5.41, 5.74) is 5.27. The zero-order chi connectivity index (χ0) is 14.8. The van der Waals surface area contributed by atoms with Gasteiger partial charge in [-0.2, -0.15) is 0 Å². The highest BCUT2D eigenvalue weighted by Gasteiger charge is 2.23. The first-order valence-corrected chi connectivity index (χ1v) is 7.47. The van der Waals surface area contributed by atoms with E-state index in [9.17, 15) is 4.79 Å². The minimum atomic E-state index is -0.217. The summed E-state index contributed by atoms with van der Waals surface area (Å²) < 4.78 is 0. The van der Waals surface area contributed by atoms with Crippen LogP contribution in [0.15, 0.2) is 24.3 Å². The summed E-state index contributed by atoms with van der Waals surface area (Å²) in [6.45, 7) is 1.72. The maximum atomic E-state index is 11.0. The van der Waals surface area contributed by atoms with E-state index in [1.54, 1.807) is 0 Å². The molecule has 5 nitrogen and oxygen atoms in total. The van der Waals surface area contributed by atoms with Gasteiger partial charge in [-0.15, -0.1) is 10.2 Å². The van der Waals surface area contributed by atoms with E-state index in [1.807, 2.05) is 24.3 Å². The molecule has 0 spiro atoms. The molecule has 0 bridgehead atoms. The van der Waals surface area contributed by atoms with Crippen LogP contribution >= 0.6 is 11.6 Å². The number of anilines is 1. The topological polar surface area (TPSA) is 72.1 Å². The van der Waals surface area contributed by atoms with Crippen LogP contribution in [0.2, 0.25) is 5.15 Å². The van der Waals surface area contributed by atoms with Gasteiger partial charge in [0.15, 0.2) is 11.0 Å². The van der Waals surface area contributed by atoms with Crippen molar-refractivity contribution in [2.75, 3.05) is 18.0 Å². The van der Waals surface area contributed by atoms with Crippen molar-refractivity contribution >= 4 is 34.1 Å². The van der Waals surface area contributed by atoms with Crippen molar-refractivity contribution in [3.8, 4) is 0 Å². The molecule has 0 atom stereocenters. The summed E-state index contributed by atoms with van der Waals surface area (Å²) in [6, 6.07) is 7.89. The quantitative estimate of drug-likeness (QED) is 0.945. The van der Waals surface area contributed by atoms with Crippen LogP contribution < -0.4 is 10.6 Å². The second-order valence-corrected chi connectivity index (χ2v) is 5.82. The highest BCUT2D eigenvalue weighted by Crippen LogP contribution is 2.31. The number of primary amides is 1. The van der Waals surface area contributed by atoms with Gasteiger partial charge in [-0.25, -0.2) is 0 Å². The van der Waals surface area contributed by atoms with E-state index in [4.69, 9.17) is 17.3 Å². The number of carbonyl (C=O) groups excluding carboxylic acids is 1. The minimum Gasteiger partial charge on any atom is -0.370 e. The van der Waals surface area contributed by atoms with Crippen LogP contribution in [0.1, 0.15) is 19.3 Å². The molecular formula is C15H17ClN4O. The van der Waals surface area contributed by atoms with Gasteiger partial charge in [0, 0.05) is 30.3 Å². The predicted octanol–water partition coefficient (Wildman–Crippen LogP) is 2.38. The van der Waals surface area contributed by atoms with Gasteiger partial charge in [-0.1, -0.05) is 35.9 Å². The Morgan fingerprint density at radius 2 is 1.90 bits per heavy atom. The van der Waals surface area contributed by atoms with Crippen LogP contribution in [0.4, 0.5) is 5.82 Å². The number of nitrogens with two attached hydrogens (primary N) is 1. The molecule has 1 aromatic heterocycles. The second-order valence-electron chi connectivity index (χ2n) is 5.46. The number of hydrogen-bond donors (Lipinski definition) is 1. The molecule has 1 amide bonds. The van der Waals surface area contributed by atoms with Crippen LogP contribution in [-0.2, 0) is 4.79 Å². The Labute approximate surface area is 128 Å². The Morgan fingerprint density at radius 3 is 2.57 bits per heavy atom. The third-order valence-electron chi connectivity index (χ3n) is 4.03. The second kappa shape index (κ2) is 5.85. The van der Waals surface area contributed by atoms with Crippen molar-refractivity contribution in [1.29, 1.82) is 0 Å². The summed E-state index contributed by atoms with van der Waals surface area (Å²) in [7, 11) is 0.